The molecule has 15 heavy (non-hydrogen) atoms. The third-order valence-electron chi connectivity index (χ3n) is 2.55. The van der Waals surface area contributed by atoms with E-state index >= 15 is 0 Å². The van der Waals surface area contributed by atoms with E-state index in [9.17, 15) is 8.42 Å². The maximum atomic E-state index is 12.1. The second kappa shape index (κ2) is 4.15. The molecule has 3 nitrogen and oxygen atoms in total. The topological polar surface area (TPSA) is 37.4 Å². The van der Waals surface area contributed by atoms with Gasteiger partial charge in [-0.05, 0) is 25.0 Å². The fourth-order valence-electron chi connectivity index (χ4n) is 1.74. The van der Waals surface area contributed by atoms with Crippen molar-refractivity contribution in [3.8, 4) is 0 Å². The molecule has 0 aliphatic carbocycles. The maximum Gasteiger partial charge on any atom is 0.244 e. The van der Waals surface area contributed by atoms with Crippen molar-refractivity contribution in [2.45, 2.75) is 22.6 Å². The minimum Gasteiger partial charge on any atom is -0.207 e. The van der Waals surface area contributed by atoms with Crippen molar-refractivity contribution >= 4 is 22.7 Å². The van der Waals surface area contributed by atoms with Crippen LogP contribution in [0.4, 0.5) is 0 Å². The molecule has 2 rings (SSSR count). The maximum absolute atomic E-state index is 12.1. The van der Waals surface area contributed by atoms with Crippen molar-refractivity contribution in [1.82, 2.24) is 4.31 Å². The first-order valence-corrected chi connectivity index (χ1v) is 6.79. The first kappa shape index (κ1) is 11.0. The monoisotopic (exact) mass is 243 g/mol. The van der Waals surface area contributed by atoms with E-state index in [1.165, 1.54) is 4.31 Å². The zero-order valence-electron chi connectivity index (χ0n) is 8.26. The van der Waals surface area contributed by atoms with E-state index in [1.54, 1.807) is 24.3 Å². The molecule has 1 fully saturated rings. The average molecular weight is 243 g/mol. The molecule has 0 saturated carbocycles. The smallest absolute Gasteiger partial charge is 0.207 e. The summed E-state index contributed by atoms with van der Waals surface area (Å²) in [6.07, 6.45) is 1.90. The number of rotatable bonds is 2. The van der Waals surface area contributed by atoms with Gasteiger partial charge in [0.25, 0.3) is 0 Å². The zero-order chi connectivity index (χ0) is 10.9. The van der Waals surface area contributed by atoms with E-state index in [2.05, 4.69) is 12.6 Å². The van der Waals surface area contributed by atoms with Crippen LogP contribution in [0.3, 0.4) is 0 Å². The van der Waals surface area contributed by atoms with Crippen molar-refractivity contribution in [2.75, 3.05) is 13.1 Å². The first-order chi connectivity index (χ1) is 7.12. The summed E-state index contributed by atoms with van der Waals surface area (Å²) in [5.41, 5.74) is 0. The molecule has 1 heterocycles. The lowest BCUT2D eigenvalue weighted by molar-refractivity contribution is 0.476. The van der Waals surface area contributed by atoms with Gasteiger partial charge in [0.05, 0.1) is 4.90 Å². The second-order valence-corrected chi connectivity index (χ2v) is 5.97. The lowest BCUT2D eigenvalue weighted by atomic mass is 10.4. The molecule has 1 aliphatic heterocycles. The quantitative estimate of drug-likeness (QED) is 0.804. The van der Waals surface area contributed by atoms with Crippen molar-refractivity contribution in [2.24, 2.45) is 0 Å². The van der Waals surface area contributed by atoms with Crippen LogP contribution >= 0.6 is 12.6 Å². The van der Waals surface area contributed by atoms with Gasteiger partial charge in [-0.1, -0.05) is 12.1 Å². The van der Waals surface area contributed by atoms with Crippen LogP contribution in [0.1, 0.15) is 12.8 Å². The predicted octanol–water partition coefficient (Wildman–Crippen LogP) is 1.76. The lowest BCUT2D eigenvalue weighted by Crippen LogP contribution is -2.28. The van der Waals surface area contributed by atoms with Gasteiger partial charge in [-0.2, -0.15) is 4.31 Å². The molecule has 0 radical (unpaired) electrons. The fourth-order valence-corrected chi connectivity index (χ4v) is 3.85. The third-order valence-corrected chi connectivity index (χ3v) is 5.05. The van der Waals surface area contributed by atoms with Crippen LogP contribution in [0.15, 0.2) is 34.1 Å². The molecule has 1 saturated heterocycles. The van der Waals surface area contributed by atoms with Gasteiger partial charge < -0.3 is 0 Å². The van der Waals surface area contributed by atoms with Gasteiger partial charge in [0.2, 0.25) is 10.0 Å². The first-order valence-electron chi connectivity index (χ1n) is 4.90. The largest absolute Gasteiger partial charge is 0.244 e. The SMILES string of the molecule is O=S(=O)(c1ccccc1S)N1CCCC1. The van der Waals surface area contributed by atoms with Crippen molar-refractivity contribution < 1.29 is 8.42 Å². The van der Waals surface area contributed by atoms with Crippen molar-refractivity contribution in [3.05, 3.63) is 24.3 Å². The van der Waals surface area contributed by atoms with Gasteiger partial charge in [-0.25, -0.2) is 8.42 Å². The molecule has 0 amide bonds. The Morgan fingerprint density at radius 3 is 2.33 bits per heavy atom. The molecule has 1 aromatic rings. The molecule has 0 aromatic heterocycles. The molecular weight excluding hydrogens is 230 g/mol. The minimum absolute atomic E-state index is 0.315. The van der Waals surface area contributed by atoms with E-state index in [0.29, 0.717) is 22.9 Å². The predicted molar refractivity (Wildman–Crippen MR) is 61.7 cm³/mol. The summed E-state index contributed by atoms with van der Waals surface area (Å²) < 4.78 is 25.8. The summed E-state index contributed by atoms with van der Waals surface area (Å²) in [5, 5.41) is 0. The summed E-state index contributed by atoms with van der Waals surface area (Å²) in [5.74, 6) is 0. The molecule has 5 heteroatoms. The lowest BCUT2D eigenvalue weighted by Gasteiger charge is -2.16. The Hall–Kier alpha value is -0.520. The van der Waals surface area contributed by atoms with Gasteiger partial charge in [-0.15, -0.1) is 12.6 Å². The number of nitrogens with zero attached hydrogens (tertiary/aromatic N) is 1. The molecule has 1 aromatic carbocycles. The van der Waals surface area contributed by atoms with Crippen LogP contribution in [0.25, 0.3) is 0 Å². The van der Waals surface area contributed by atoms with E-state index in [1.807, 2.05) is 0 Å². The summed E-state index contributed by atoms with van der Waals surface area (Å²) in [6.45, 7) is 1.26. The van der Waals surface area contributed by atoms with Gasteiger partial charge in [0, 0.05) is 18.0 Å². The highest BCUT2D eigenvalue weighted by atomic mass is 32.2. The van der Waals surface area contributed by atoms with E-state index in [4.69, 9.17) is 0 Å². The Morgan fingerprint density at radius 1 is 1.13 bits per heavy atom. The average Bonchev–Trinajstić information content (AvgIpc) is 2.71. The number of benzene rings is 1. The Bertz CT molecular complexity index is 450. The zero-order valence-corrected chi connectivity index (χ0v) is 9.97. The number of hydrogen-bond donors (Lipinski definition) is 1. The molecule has 0 unspecified atom stereocenters. The Kier molecular flexibility index (Phi) is 3.04. The molecule has 0 N–H and O–H groups in total. The Labute approximate surface area is 95.6 Å². The highest BCUT2D eigenvalue weighted by Gasteiger charge is 2.28. The van der Waals surface area contributed by atoms with Gasteiger partial charge in [0.15, 0.2) is 0 Å². The Balaban J connectivity index is 2.41. The molecule has 82 valence electrons. The number of thiol groups is 1. The van der Waals surface area contributed by atoms with Gasteiger partial charge >= 0.3 is 0 Å². The van der Waals surface area contributed by atoms with Crippen LogP contribution in [-0.2, 0) is 10.0 Å². The van der Waals surface area contributed by atoms with Crippen molar-refractivity contribution in [3.63, 3.8) is 0 Å². The highest BCUT2D eigenvalue weighted by molar-refractivity contribution is 7.90. The van der Waals surface area contributed by atoms with Crippen molar-refractivity contribution in [1.29, 1.82) is 0 Å². The van der Waals surface area contributed by atoms with Crippen LogP contribution in [0, 0.1) is 0 Å². The molecule has 0 bridgehead atoms. The summed E-state index contributed by atoms with van der Waals surface area (Å²) in [6, 6.07) is 6.82. The molecular formula is C10H13NO2S2. The normalized spacial score (nSPS) is 18.2. The van der Waals surface area contributed by atoms with Crippen LogP contribution in [-0.4, -0.2) is 25.8 Å². The standard InChI is InChI=1S/C10H13NO2S2/c12-15(13,11-7-3-4-8-11)10-6-2-1-5-9(10)14/h1-2,5-6,14H,3-4,7-8H2. The third kappa shape index (κ3) is 2.04. The van der Waals surface area contributed by atoms with E-state index < -0.39 is 10.0 Å². The molecule has 1 aliphatic rings. The fraction of sp³-hybridized carbons (Fsp3) is 0.400. The minimum atomic E-state index is -3.31. The summed E-state index contributed by atoms with van der Waals surface area (Å²) >= 11 is 4.18. The number of sulfonamides is 1. The van der Waals surface area contributed by atoms with Crippen LogP contribution in [0.2, 0.25) is 0 Å². The van der Waals surface area contributed by atoms with Gasteiger partial charge in [0.1, 0.15) is 0 Å². The van der Waals surface area contributed by atoms with E-state index in [0.717, 1.165) is 12.8 Å². The highest BCUT2D eigenvalue weighted by Crippen LogP contribution is 2.25. The summed E-state index contributed by atoms with van der Waals surface area (Å²) in [7, 11) is -3.31. The molecule has 0 spiro atoms. The van der Waals surface area contributed by atoms with E-state index in [-0.39, 0.29) is 0 Å². The number of hydrogen-bond acceptors (Lipinski definition) is 3. The van der Waals surface area contributed by atoms with Crippen LogP contribution in [0.5, 0.6) is 0 Å². The summed E-state index contributed by atoms with van der Waals surface area (Å²) in [4.78, 5) is 0.833. The van der Waals surface area contributed by atoms with Crippen LogP contribution < -0.4 is 0 Å². The Morgan fingerprint density at radius 2 is 1.73 bits per heavy atom. The molecule has 0 atom stereocenters. The second-order valence-electron chi connectivity index (χ2n) is 3.58. The van der Waals surface area contributed by atoms with Gasteiger partial charge in [-0.3, -0.25) is 0 Å².